The van der Waals surface area contributed by atoms with Gasteiger partial charge in [-0.05, 0) is 24.7 Å². The van der Waals surface area contributed by atoms with E-state index in [-0.39, 0.29) is 6.54 Å². The van der Waals surface area contributed by atoms with Crippen LogP contribution in [0.2, 0.25) is 0 Å². The van der Waals surface area contributed by atoms with Crippen LogP contribution in [-0.2, 0) is 5.92 Å². The minimum absolute atomic E-state index is 0.289. The first-order chi connectivity index (χ1) is 6.47. The van der Waals surface area contributed by atoms with Crippen LogP contribution in [0.15, 0.2) is 18.2 Å². The predicted molar refractivity (Wildman–Crippen MR) is 43.9 cm³/mol. The van der Waals surface area contributed by atoms with Crippen molar-refractivity contribution in [1.29, 1.82) is 0 Å². The van der Waals surface area contributed by atoms with Gasteiger partial charge in [-0.1, -0.05) is 0 Å². The molecule has 14 heavy (non-hydrogen) atoms. The topological polar surface area (TPSA) is 26.0 Å². The van der Waals surface area contributed by atoms with Crippen molar-refractivity contribution in [3.8, 4) is 0 Å². The van der Waals surface area contributed by atoms with Crippen LogP contribution in [0.1, 0.15) is 12.0 Å². The molecule has 2 N–H and O–H groups in total. The minimum atomic E-state index is -3.42. The highest BCUT2D eigenvalue weighted by molar-refractivity contribution is 5.23. The van der Waals surface area contributed by atoms with Crippen LogP contribution < -0.4 is 5.73 Å². The van der Waals surface area contributed by atoms with Crippen molar-refractivity contribution < 1.29 is 17.6 Å². The van der Waals surface area contributed by atoms with E-state index in [1.807, 2.05) is 0 Å². The third-order valence-corrected chi connectivity index (χ3v) is 1.78. The normalized spacial score (nSPS) is 11.8. The molecule has 0 saturated carbocycles. The molecule has 1 aromatic carbocycles. The Kier molecular flexibility index (Phi) is 3.10. The van der Waals surface area contributed by atoms with E-state index in [9.17, 15) is 17.6 Å². The highest BCUT2D eigenvalue weighted by atomic mass is 19.3. The average molecular weight is 207 g/mol. The van der Waals surface area contributed by atoms with E-state index in [1.165, 1.54) is 0 Å². The quantitative estimate of drug-likeness (QED) is 0.757. The van der Waals surface area contributed by atoms with Gasteiger partial charge in [0.1, 0.15) is 11.6 Å². The molecule has 1 rings (SSSR count). The van der Waals surface area contributed by atoms with Gasteiger partial charge in [0.05, 0.1) is 5.56 Å². The molecule has 0 bridgehead atoms. The summed E-state index contributed by atoms with van der Waals surface area (Å²) in [5.74, 6) is -5.43. The zero-order valence-corrected chi connectivity index (χ0v) is 7.24. The largest absolute Gasteiger partial charge is 0.330 e. The lowest BCUT2D eigenvalue weighted by molar-refractivity contribution is -0.0144. The minimum Gasteiger partial charge on any atom is -0.330 e. The zero-order chi connectivity index (χ0) is 10.8. The fourth-order valence-electron chi connectivity index (χ4n) is 1.09. The van der Waals surface area contributed by atoms with E-state index in [1.54, 1.807) is 0 Å². The molecule has 0 fully saturated rings. The Morgan fingerprint density at radius 1 is 1.21 bits per heavy atom. The molecule has 0 aliphatic carbocycles. The molecule has 0 spiro atoms. The molecular formula is C9H9F4N. The van der Waals surface area contributed by atoms with E-state index in [2.05, 4.69) is 0 Å². The molecule has 0 saturated heterocycles. The van der Waals surface area contributed by atoms with Crippen LogP contribution in [0, 0.1) is 11.6 Å². The third-order valence-electron chi connectivity index (χ3n) is 1.78. The molecular weight excluding hydrogens is 198 g/mol. The van der Waals surface area contributed by atoms with Gasteiger partial charge in [-0.3, -0.25) is 0 Å². The Morgan fingerprint density at radius 3 is 2.43 bits per heavy atom. The second-order valence-electron chi connectivity index (χ2n) is 2.87. The standard InChI is InChI=1S/C9H9F4N/c10-6-1-2-8(11)7(5-6)9(12,13)3-4-14/h1-2,5H,3-4,14H2. The molecule has 0 atom stereocenters. The number of halogens is 4. The predicted octanol–water partition coefficient (Wildman–Crippen LogP) is 2.41. The number of hydrogen-bond acceptors (Lipinski definition) is 1. The summed E-state index contributed by atoms with van der Waals surface area (Å²) in [7, 11) is 0. The maximum absolute atomic E-state index is 13.1. The second kappa shape index (κ2) is 3.96. The van der Waals surface area contributed by atoms with Gasteiger partial charge in [0.25, 0.3) is 5.92 Å². The summed E-state index contributed by atoms with van der Waals surface area (Å²) in [4.78, 5) is 0. The summed E-state index contributed by atoms with van der Waals surface area (Å²) in [6, 6.07) is 1.96. The van der Waals surface area contributed by atoms with Gasteiger partial charge in [0, 0.05) is 6.42 Å². The summed E-state index contributed by atoms with van der Waals surface area (Å²) < 4.78 is 51.7. The first-order valence-corrected chi connectivity index (χ1v) is 4.01. The molecule has 0 radical (unpaired) electrons. The van der Waals surface area contributed by atoms with Crippen molar-refractivity contribution in [2.45, 2.75) is 12.3 Å². The molecule has 5 heteroatoms. The third kappa shape index (κ3) is 2.23. The smallest absolute Gasteiger partial charge is 0.277 e. The number of alkyl halides is 2. The van der Waals surface area contributed by atoms with Crippen molar-refractivity contribution in [3.05, 3.63) is 35.4 Å². The highest BCUT2D eigenvalue weighted by Gasteiger charge is 2.33. The lowest BCUT2D eigenvalue weighted by Gasteiger charge is -2.16. The van der Waals surface area contributed by atoms with Gasteiger partial charge >= 0.3 is 0 Å². The fraction of sp³-hybridized carbons (Fsp3) is 0.333. The van der Waals surface area contributed by atoms with E-state index < -0.39 is 29.5 Å². The van der Waals surface area contributed by atoms with Crippen LogP contribution in [0.25, 0.3) is 0 Å². The molecule has 78 valence electrons. The summed E-state index contributed by atoms with van der Waals surface area (Å²) in [6.07, 6.45) is -0.701. The number of benzene rings is 1. The van der Waals surface area contributed by atoms with E-state index in [0.717, 1.165) is 6.07 Å². The van der Waals surface area contributed by atoms with E-state index >= 15 is 0 Å². The first-order valence-electron chi connectivity index (χ1n) is 4.01. The molecule has 1 aromatic rings. The van der Waals surface area contributed by atoms with Crippen molar-refractivity contribution in [2.24, 2.45) is 5.73 Å². The Hall–Kier alpha value is -1.10. The van der Waals surface area contributed by atoms with E-state index in [0.29, 0.717) is 12.1 Å². The summed E-state index contributed by atoms with van der Waals surface area (Å²) >= 11 is 0. The molecule has 0 unspecified atom stereocenters. The number of hydrogen-bond donors (Lipinski definition) is 1. The molecule has 0 aliphatic rings. The van der Waals surface area contributed by atoms with Crippen molar-refractivity contribution in [3.63, 3.8) is 0 Å². The molecule has 0 amide bonds. The van der Waals surface area contributed by atoms with Crippen LogP contribution in [0.4, 0.5) is 17.6 Å². The zero-order valence-electron chi connectivity index (χ0n) is 7.24. The van der Waals surface area contributed by atoms with Crippen molar-refractivity contribution in [1.82, 2.24) is 0 Å². The molecule has 0 aromatic heterocycles. The van der Waals surface area contributed by atoms with Crippen molar-refractivity contribution in [2.75, 3.05) is 6.54 Å². The summed E-state index contributed by atoms with van der Waals surface area (Å²) in [6.45, 7) is -0.289. The first kappa shape index (κ1) is 11.0. The maximum atomic E-state index is 13.1. The molecule has 0 heterocycles. The van der Waals surface area contributed by atoms with Crippen LogP contribution in [0.5, 0.6) is 0 Å². The Balaban J connectivity index is 3.10. The fourth-order valence-corrected chi connectivity index (χ4v) is 1.09. The number of nitrogens with two attached hydrogens (primary N) is 1. The SMILES string of the molecule is NCCC(F)(F)c1cc(F)ccc1F. The average Bonchev–Trinajstić information content (AvgIpc) is 2.09. The molecule has 0 aliphatic heterocycles. The van der Waals surface area contributed by atoms with Gasteiger partial charge in [0.2, 0.25) is 0 Å². The van der Waals surface area contributed by atoms with Gasteiger partial charge < -0.3 is 5.73 Å². The lowest BCUT2D eigenvalue weighted by atomic mass is 10.0. The lowest BCUT2D eigenvalue weighted by Crippen LogP contribution is -2.20. The Labute approximate surface area is 78.5 Å². The Bertz CT molecular complexity index is 325. The summed E-state index contributed by atoms with van der Waals surface area (Å²) in [5.41, 5.74) is 4.00. The highest BCUT2D eigenvalue weighted by Crippen LogP contribution is 2.33. The second-order valence-corrected chi connectivity index (χ2v) is 2.87. The van der Waals surface area contributed by atoms with Gasteiger partial charge in [-0.25, -0.2) is 17.6 Å². The monoisotopic (exact) mass is 207 g/mol. The van der Waals surface area contributed by atoms with Gasteiger partial charge in [-0.2, -0.15) is 0 Å². The van der Waals surface area contributed by atoms with Crippen molar-refractivity contribution >= 4 is 0 Å². The van der Waals surface area contributed by atoms with Gasteiger partial charge in [-0.15, -0.1) is 0 Å². The van der Waals surface area contributed by atoms with Crippen LogP contribution in [0.3, 0.4) is 0 Å². The van der Waals surface area contributed by atoms with Crippen LogP contribution in [-0.4, -0.2) is 6.54 Å². The number of rotatable bonds is 3. The molecule has 1 nitrogen and oxygen atoms in total. The van der Waals surface area contributed by atoms with Gasteiger partial charge in [0.15, 0.2) is 0 Å². The van der Waals surface area contributed by atoms with Crippen LogP contribution >= 0.6 is 0 Å². The summed E-state index contributed by atoms with van der Waals surface area (Å²) in [5, 5.41) is 0. The maximum Gasteiger partial charge on any atom is 0.277 e. The van der Waals surface area contributed by atoms with E-state index in [4.69, 9.17) is 5.73 Å². The Morgan fingerprint density at radius 2 is 1.86 bits per heavy atom.